The van der Waals surface area contributed by atoms with Crippen LogP contribution in [0.4, 0.5) is 8.78 Å². The molecule has 0 saturated heterocycles. The average molecular weight is 278 g/mol. The normalized spacial score (nSPS) is 11.8. The first-order valence-electron chi connectivity index (χ1n) is 5.78. The van der Waals surface area contributed by atoms with Crippen molar-refractivity contribution in [2.75, 3.05) is 0 Å². The molecule has 0 radical (unpaired) electrons. The zero-order chi connectivity index (χ0) is 14.5. The highest BCUT2D eigenvalue weighted by Gasteiger charge is 2.22. The van der Waals surface area contributed by atoms with E-state index in [-0.39, 0.29) is 5.75 Å². The highest BCUT2D eigenvalue weighted by atomic mass is 19.1. The minimum absolute atomic E-state index is 0.0973. The van der Waals surface area contributed by atoms with Crippen LogP contribution in [0.25, 0.3) is 0 Å². The van der Waals surface area contributed by atoms with Gasteiger partial charge in [-0.15, -0.1) is 0 Å². The Bertz CT molecular complexity index is 585. The SMILES string of the molecule is NNC(=O)C(Oc1cc(F)cc(F)c1)c1ccccc1. The Hall–Kier alpha value is -2.47. The summed E-state index contributed by atoms with van der Waals surface area (Å²) in [5, 5.41) is 0. The monoisotopic (exact) mass is 278 g/mol. The van der Waals surface area contributed by atoms with Gasteiger partial charge in [-0.1, -0.05) is 30.3 Å². The highest BCUT2D eigenvalue weighted by molar-refractivity contribution is 5.82. The number of halogens is 2. The van der Waals surface area contributed by atoms with Crippen LogP contribution in [0.5, 0.6) is 5.75 Å². The summed E-state index contributed by atoms with van der Waals surface area (Å²) in [6, 6.07) is 11.2. The molecule has 0 saturated carbocycles. The molecule has 20 heavy (non-hydrogen) atoms. The predicted molar refractivity (Wildman–Crippen MR) is 68.5 cm³/mol. The Kier molecular flexibility index (Phi) is 4.27. The van der Waals surface area contributed by atoms with Crippen LogP contribution in [-0.2, 0) is 4.79 Å². The molecule has 0 aliphatic rings. The second-order valence-corrected chi connectivity index (χ2v) is 4.02. The number of carbonyl (C=O) groups excluding carboxylic acids is 1. The maximum Gasteiger partial charge on any atom is 0.279 e. The van der Waals surface area contributed by atoms with Gasteiger partial charge in [-0.3, -0.25) is 10.2 Å². The molecule has 0 bridgehead atoms. The van der Waals surface area contributed by atoms with E-state index >= 15 is 0 Å². The number of nitrogens with two attached hydrogens (primary N) is 1. The van der Waals surface area contributed by atoms with Crippen LogP contribution in [0.15, 0.2) is 48.5 Å². The number of nitrogens with one attached hydrogen (secondary N) is 1. The number of hydrazine groups is 1. The zero-order valence-corrected chi connectivity index (χ0v) is 10.3. The number of hydrogen-bond donors (Lipinski definition) is 2. The molecule has 0 fully saturated rings. The third-order valence-corrected chi connectivity index (χ3v) is 2.57. The fourth-order valence-corrected chi connectivity index (χ4v) is 1.71. The molecule has 0 heterocycles. The lowest BCUT2D eigenvalue weighted by Crippen LogP contribution is -2.37. The standard InChI is InChI=1S/C14H12F2N2O2/c15-10-6-11(16)8-12(7-10)20-13(14(19)18-17)9-4-2-1-3-5-9/h1-8,13H,17H2,(H,18,19). The number of carbonyl (C=O) groups is 1. The molecule has 4 nitrogen and oxygen atoms in total. The molecule has 2 aromatic rings. The van der Waals surface area contributed by atoms with Crippen LogP contribution < -0.4 is 16.0 Å². The van der Waals surface area contributed by atoms with Crippen molar-refractivity contribution in [1.29, 1.82) is 0 Å². The van der Waals surface area contributed by atoms with E-state index in [1.54, 1.807) is 30.3 Å². The minimum atomic E-state index is -1.10. The first-order chi connectivity index (χ1) is 9.60. The van der Waals surface area contributed by atoms with Gasteiger partial charge in [0.2, 0.25) is 6.10 Å². The second-order valence-electron chi connectivity index (χ2n) is 4.02. The van der Waals surface area contributed by atoms with Gasteiger partial charge >= 0.3 is 0 Å². The number of rotatable bonds is 4. The first-order valence-corrected chi connectivity index (χ1v) is 5.78. The third kappa shape index (κ3) is 3.30. The molecule has 6 heteroatoms. The molecule has 0 aliphatic carbocycles. The molecule has 1 atom stereocenters. The van der Waals surface area contributed by atoms with Crippen molar-refractivity contribution in [3.63, 3.8) is 0 Å². The number of benzene rings is 2. The van der Waals surface area contributed by atoms with Gasteiger partial charge < -0.3 is 4.74 Å². The van der Waals surface area contributed by atoms with E-state index in [2.05, 4.69) is 0 Å². The summed E-state index contributed by atoms with van der Waals surface area (Å²) in [5.74, 6) is 2.79. The predicted octanol–water partition coefficient (Wildman–Crippen LogP) is 2.07. The van der Waals surface area contributed by atoms with Crippen molar-refractivity contribution in [1.82, 2.24) is 5.43 Å². The molecule has 1 unspecified atom stereocenters. The molecule has 2 aromatic carbocycles. The quantitative estimate of drug-likeness (QED) is 0.511. The van der Waals surface area contributed by atoms with Crippen molar-refractivity contribution in [3.05, 3.63) is 65.7 Å². The molecule has 104 valence electrons. The lowest BCUT2D eigenvalue weighted by molar-refractivity contribution is -0.128. The summed E-state index contributed by atoms with van der Waals surface area (Å²) in [6.45, 7) is 0. The summed E-state index contributed by atoms with van der Waals surface area (Å²) < 4.78 is 31.6. The van der Waals surface area contributed by atoms with Crippen LogP contribution in [0.1, 0.15) is 11.7 Å². The van der Waals surface area contributed by atoms with Gasteiger partial charge in [-0.25, -0.2) is 14.6 Å². The summed E-state index contributed by atoms with van der Waals surface area (Å²) in [4.78, 5) is 11.7. The Morgan fingerprint density at radius 2 is 1.70 bits per heavy atom. The van der Waals surface area contributed by atoms with E-state index in [4.69, 9.17) is 10.6 Å². The minimum Gasteiger partial charge on any atom is -0.476 e. The van der Waals surface area contributed by atoms with Gasteiger partial charge in [0.25, 0.3) is 5.91 Å². The Labute approximate surface area is 114 Å². The Morgan fingerprint density at radius 3 is 2.25 bits per heavy atom. The lowest BCUT2D eigenvalue weighted by Gasteiger charge is -2.18. The van der Waals surface area contributed by atoms with Crippen molar-refractivity contribution >= 4 is 5.91 Å². The number of ether oxygens (including phenoxy) is 1. The summed E-state index contributed by atoms with van der Waals surface area (Å²) >= 11 is 0. The van der Waals surface area contributed by atoms with Crippen LogP contribution in [-0.4, -0.2) is 5.91 Å². The van der Waals surface area contributed by atoms with Gasteiger partial charge in [-0.2, -0.15) is 0 Å². The smallest absolute Gasteiger partial charge is 0.279 e. The Morgan fingerprint density at radius 1 is 1.10 bits per heavy atom. The van der Waals surface area contributed by atoms with Crippen molar-refractivity contribution in [3.8, 4) is 5.75 Å². The van der Waals surface area contributed by atoms with E-state index in [1.807, 2.05) is 5.43 Å². The average Bonchev–Trinajstić information content (AvgIpc) is 2.44. The van der Waals surface area contributed by atoms with Crippen LogP contribution in [0.2, 0.25) is 0 Å². The fourth-order valence-electron chi connectivity index (χ4n) is 1.71. The highest BCUT2D eigenvalue weighted by Crippen LogP contribution is 2.23. The van der Waals surface area contributed by atoms with Gasteiger partial charge in [0, 0.05) is 23.8 Å². The van der Waals surface area contributed by atoms with E-state index < -0.39 is 23.6 Å². The molecule has 0 spiro atoms. The molecule has 1 amide bonds. The van der Waals surface area contributed by atoms with Crippen LogP contribution in [0, 0.1) is 11.6 Å². The molecular formula is C14H12F2N2O2. The van der Waals surface area contributed by atoms with Crippen LogP contribution >= 0.6 is 0 Å². The molecule has 3 N–H and O–H groups in total. The van der Waals surface area contributed by atoms with Gasteiger partial charge in [0.05, 0.1) is 0 Å². The lowest BCUT2D eigenvalue weighted by atomic mass is 10.1. The van der Waals surface area contributed by atoms with Crippen molar-refractivity contribution in [2.45, 2.75) is 6.10 Å². The molecule has 0 aromatic heterocycles. The largest absolute Gasteiger partial charge is 0.476 e. The maximum atomic E-state index is 13.1. The summed E-state index contributed by atoms with van der Waals surface area (Å²) in [5.41, 5.74) is 2.48. The Balaban J connectivity index is 2.31. The van der Waals surface area contributed by atoms with Gasteiger partial charge in [0.1, 0.15) is 17.4 Å². The number of hydrogen-bond acceptors (Lipinski definition) is 3. The summed E-state index contributed by atoms with van der Waals surface area (Å²) in [7, 11) is 0. The van der Waals surface area contributed by atoms with Crippen LogP contribution in [0.3, 0.4) is 0 Å². The van der Waals surface area contributed by atoms with Gasteiger partial charge in [0.15, 0.2) is 0 Å². The van der Waals surface area contributed by atoms with Crippen molar-refractivity contribution in [2.24, 2.45) is 5.84 Å². The van der Waals surface area contributed by atoms with Gasteiger partial charge in [-0.05, 0) is 0 Å². The topological polar surface area (TPSA) is 64.3 Å². The van der Waals surface area contributed by atoms with E-state index in [0.29, 0.717) is 11.6 Å². The third-order valence-electron chi connectivity index (χ3n) is 2.57. The number of amides is 1. The van der Waals surface area contributed by atoms with E-state index in [1.165, 1.54) is 0 Å². The summed E-state index contributed by atoms with van der Waals surface area (Å²) in [6.07, 6.45) is -1.10. The van der Waals surface area contributed by atoms with E-state index in [0.717, 1.165) is 12.1 Å². The zero-order valence-electron chi connectivity index (χ0n) is 10.3. The van der Waals surface area contributed by atoms with Crippen molar-refractivity contribution < 1.29 is 18.3 Å². The maximum absolute atomic E-state index is 13.1. The first kappa shape index (κ1) is 14.0. The molecule has 2 rings (SSSR count). The fraction of sp³-hybridized carbons (Fsp3) is 0.0714. The second kappa shape index (κ2) is 6.12. The van der Waals surface area contributed by atoms with E-state index in [9.17, 15) is 13.6 Å². The molecule has 0 aliphatic heterocycles. The molecular weight excluding hydrogens is 266 g/mol.